The molecule has 3 aromatic rings. The van der Waals surface area contributed by atoms with E-state index >= 15 is 0 Å². The van der Waals surface area contributed by atoms with Crippen LogP contribution in [0.2, 0.25) is 0 Å². The zero-order chi connectivity index (χ0) is 10.5. The minimum Gasteiger partial charge on any atom is -0.469 e. The molecule has 0 aromatic carbocycles. The summed E-state index contributed by atoms with van der Waals surface area (Å²) in [4.78, 5) is 4.36. The van der Waals surface area contributed by atoms with Crippen molar-refractivity contribution in [3.05, 3.63) is 36.0 Å². The van der Waals surface area contributed by atoms with Crippen molar-refractivity contribution in [1.29, 1.82) is 0 Å². The van der Waals surface area contributed by atoms with Crippen molar-refractivity contribution in [2.75, 3.05) is 0 Å². The Morgan fingerprint density at radius 3 is 3.25 bits per heavy atom. The van der Waals surface area contributed by atoms with Crippen molar-refractivity contribution in [3.63, 3.8) is 0 Å². The number of furan rings is 1. The van der Waals surface area contributed by atoms with E-state index in [9.17, 15) is 0 Å². The summed E-state index contributed by atoms with van der Waals surface area (Å²) in [7, 11) is 0. The van der Waals surface area contributed by atoms with Crippen LogP contribution in [0.25, 0.3) is 22.2 Å². The highest BCUT2D eigenvalue weighted by Gasteiger charge is 2.21. The summed E-state index contributed by atoms with van der Waals surface area (Å²) in [5.41, 5.74) is 4.54. The molecular formula is C12H9N3O. The van der Waals surface area contributed by atoms with E-state index in [0.717, 1.165) is 29.6 Å². The van der Waals surface area contributed by atoms with Gasteiger partial charge in [0, 0.05) is 29.1 Å². The highest BCUT2D eigenvalue weighted by molar-refractivity contribution is 5.95. The van der Waals surface area contributed by atoms with E-state index in [1.807, 2.05) is 18.5 Å². The molecule has 4 rings (SSSR count). The van der Waals surface area contributed by atoms with E-state index in [2.05, 4.69) is 15.2 Å². The van der Waals surface area contributed by atoms with Gasteiger partial charge < -0.3 is 4.42 Å². The van der Waals surface area contributed by atoms with Gasteiger partial charge in [-0.05, 0) is 18.1 Å². The molecule has 78 valence electrons. The summed E-state index contributed by atoms with van der Waals surface area (Å²) in [6.45, 7) is 0. The summed E-state index contributed by atoms with van der Waals surface area (Å²) in [6.07, 6.45) is 7.48. The molecule has 0 spiro atoms. The Morgan fingerprint density at radius 1 is 1.25 bits per heavy atom. The first-order valence-corrected chi connectivity index (χ1v) is 5.31. The lowest BCUT2D eigenvalue weighted by atomic mass is 9.90. The van der Waals surface area contributed by atoms with Gasteiger partial charge in [0.05, 0.1) is 12.5 Å². The van der Waals surface area contributed by atoms with Crippen molar-refractivity contribution in [2.24, 2.45) is 0 Å². The summed E-state index contributed by atoms with van der Waals surface area (Å²) in [6, 6.07) is 2.03. The summed E-state index contributed by atoms with van der Waals surface area (Å²) in [5.74, 6) is 1.07. The number of aryl methyl sites for hydroxylation is 2. The molecule has 3 aromatic heterocycles. The Morgan fingerprint density at radius 2 is 2.25 bits per heavy atom. The number of nitrogens with zero attached hydrogens (tertiary/aromatic N) is 2. The molecule has 1 N–H and O–H groups in total. The van der Waals surface area contributed by atoms with Gasteiger partial charge in [-0.2, -0.15) is 5.10 Å². The number of rotatable bonds is 0. The first kappa shape index (κ1) is 8.10. The number of nitrogens with one attached hydrogen (secondary N) is 1. The average Bonchev–Trinajstić information content (AvgIpc) is 2.96. The molecule has 0 radical (unpaired) electrons. The molecule has 0 aliphatic heterocycles. The number of hydrogen-bond donors (Lipinski definition) is 1. The molecule has 4 heteroatoms. The lowest BCUT2D eigenvalue weighted by Gasteiger charge is -2.15. The molecule has 0 atom stereocenters. The maximum absolute atomic E-state index is 5.49. The second-order valence-corrected chi connectivity index (χ2v) is 4.05. The fraction of sp³-hybridized carbons (Fsp3) is 0.167. The van der Waals surface area contributed by atoms with Crippen LogP contribution in [0.3, 0.4) is 0 Å². The molecule has 16 heavy (non-hydrogen) atoms. The molecule has 4 nitrogen and oxygen atoms in total. The van der Waals surface area contributed by atoms with Crippen LogP contribution in [0.4, 0.5) is 0 Å². The molecule has 0 bridgehead atoms. The normalized spacial score (nSPS) is 13.8. The zero-order valence-electron chi connectivity index (χ0n) is 8.53. The van der Waals surface area contributed by atoms with E-state index in [0.29, 0.717) is 0 Å². The van der Waals surface area contributed by atoms with Gasteiger partial charge in [-0.15, -0.1) is 0 Å². The number of aromatic nitrogens is 3. The molecule has 0 saturated carbocycles. The fourth-order valence-corrected chi connectivity index (χ4v) is 2.45. The van der Waals surface area contributed by atoms with Crippen LogP contribution in [-0.4, -0.2) is 15.2 Å². The molecular weight excluding hydrogens is 202 g/mol. The summed E-state index contributed by atoms with van der Waals surface area (Å²) >= 11 is 0. The monoisotopic (exact) mass is 211 g/mol. The first-order chi connectivity index (χ1) is 7.93. The molecule has 1 aliphatic rings. The number of aromatic amines is 1. The number of H-pyrrole nitrogens is 1. The van der Waals surface area contributed by atoms with Crippen LogP contribution in [0.15, 0.2) is 29.1 Å². The van der Waals surface area contributed by atoms with E-state index in [4.69, 9.17) is 4.42 Å². The number of hydrogen-bond acceptors (Lipinski definition) is 3. The van der Waals surface area contributed by atoms with E-state index in [1.165, 1.54) is 16.7 Å². The molecule has 0 amide bonds. The Labute approximate surface area is 91.3 Å². The third kappa shape index (κ3) is 0.888. The zero-order valence-corrected chi connectivity index (χ0v) is 8.53. The Balaban J connectivity index is 2.18. The Hall–Kier alpha value is -2.10. The molecule has 3 heterocycles. The minimum atomic E-state index is 0.841. The van der Waals surface area contributed by atoms with Crippen LogP contribution in [-0.2, 0) is 12.8 Å². The van der Waals surface area contributed by atoms with Crippen molar-refractivity contribution >= 4 is 11.0 Å². The number of fused-ring (bicyclic) bond motifs is 5. The predicted octanol–water partition coefficient (Wildman–Crippen LogP) is 2.32. The quantitative estimate of drug-likeness (QED) is 0.620. The fourth-order valence-electron chi connectivity index (χ4n) is 2.45. The van der Waals surface area contributed by atoms with Gasteiger partial charge in [-0.3, -0.25) is 5.10 Å². The minimum absolute atomic E-state index is 0.841. The highest BCUT2D eigenvalue weighted by atomic mass is 16.3. The van der Waals surface area contributed by atoms with Gasteiger partial charge in [0.1, 0.15) is 5.76 Å². The second kappa shape index (κ2) is 2.72. The van der Waals surface area contributed by atoms with E-state index in [1.54, 1.807) is 6.26 Å². The topological polar surface area (TPSA) is 54.7 Å². The van der Waals surface area contributed by atoms with Crippen LogP contribution in [0.5, 0.6) is 0 Å². The lowest BCUT2D eigenvalue weighted by Crippen LogP contribution is -2.02. The molecule has 1 aliphatic carbocycles. The summed E-state index contributed by atoms with van der Waals surface area (Å²) < 4.78 is 5.49. The Kier molecular flexibility index (Phi) is 1.38. The van der Waals surface area contributed by atoms with Gasteiger partial charge >= 0.3 is 0 Å². The van der Waals surface area contributed by atoms with Crippen LogP contribution in [0.1, 0.15) is 11.3 Å². The van der Waals surface area contributed by atoms with Gasteiger partial charge in [0.2, 0.25) is 0 Å². The van der Waals surface area contributed by atoms with Crippen LogP contribution >= 0.6 is 0 Å². The third-order valence-electron chi connectivity index (χ3n) is 3.20. The maximum Gasteiger partial charge on any atom is 0.155 e. The Bertz CT molecular complexity index is 680. The van der Waals surface area contributed by atoms with Gasteiger partial charge in [-0.25, -0.2) is 4.98 Å². The van der Waals surface area contributed by atoms with E-state index < -0.39 is 0 Å². The van der Waals surface area contributed by atoms with Crippen molar-refractivity contribution in [2.45, 2.75) is 12.8 Å². The van der Waals surface area contributed by atoms with Crippen molar-refractivity contribution in [1.82, 2.24) is 15.2 Å². The first-order valence-electron chi connectivity index (χ1n) is 5.31. The van der Waals surface area contributed by atoms with Gasteiger partial charge in [0.25, 0.3) is 0 Å². The molecule has 0 saturated heterocycles. The highest BCUT2D eigenvalue weighted by Crippen LogP contribution is 2.37. The SMILES string of the molecule is c1cc2c(o1)CCc1cnc3[nH]ncc3c1-2. The predicted molar refractivity (Wildman–Crippen MR) is 59.0 cm³/mol. The van der Waals surface area contributed by atoms with Crippen molar-refractivity contribution < 1.29 is 4.42 Å². The standard InChI is InChI=1S/C12H9N3O/c1-2-10-8(3-4-16-10)11-7(1)5-13-12-9(11)6-14-15-12/h3-6H,1-2H2,(H,13,14,15). The van der Waals surface area contributed by atoms with Crippen molar-refractivity contribution in [3.8, 4) is 11.1 Å². The van der Waals surface area contributed by atoms with E-state index in [-0.39, 0.29) is 0 Å². The third-order valence-corrected chi connectivity index (χ3v) is 3.20. The maximum atomic E-state index is 5.49. The largest absolute Gasteiger partial charge is 0.469 e. The molecule has 0 fully saturated rings. The average molecular weight is 211 g/mol. The second-order valence-electron chi connectivity index (χ2n) is 4.05. The van der Waals surface area contributed by atoms with Gasteiger partial charge in [0.15, 0.2) is 5.65 Å². The van der Waals surface area contributed by atoms with Crippen LogP contribution in [0, 0.1) is 0 Å². The number of pyridine rings is 1. The molecule has 0 unspecified atom stereocenters. The smallest absolute Gasteiger partial charge is 0.155 e. The van der Waals surface area contributed by atoms with Gasteiger partial charge in [-0.1, -0.05) is 0 Å². The van der Waals surface area contributed by atoms with Crippen LogP contribution < -0.4 is 0 Å². The lowest BCUT2D eigenvalue weighted by molar-refractivity contribution is 0.507. The summed E-state index contributed by atoms with van der Waals surface area (Å²) in [5, 5.41) is 8.03.